The van der Waals surface area contributed by atoms with Crippen LogP contribution in [0.15, 0.2) is 17.4 Å². The fourth-order valence-corrected chi connectivity index (χ4v) is 2.72. The second-order valence-electron chi connectivity index (χ2n) is 6.63. The number of aliphatic imine (C=N–C) groups is 1. The molecule has 1 rings (SSSR count). The van der Waals surface area contributed by atoms with Gasteiger partial charge in [0, 0.05) is 38.6 Å². The van der Waals surface area contributed by atoms with Crippen molar-refractivity contribution < 1.29 is 5.11 Å². The van der Waals surface area contributed by atoms with E-state index in [-0.39, 0.29) is 6.61 Å². The number of nitrogens with zero attached hydrogens (tertiary/aromatic N) is 3. The molecular formula is C18H35N5O. The smallest absolute Gasteiger partial charge is 0.191 e. The number of aromatic nitrogens is 2. The van der Waals surface area contributed by atoms with E-state index in [4.69, 9.17) is 0 Å². The summed E-state index contributed by atoms with van der Waals surface area (Å²) in [5.41, 5.74) is 0. The summed E-state index contributed by atoms with van der Waals surface area (Å²) >= 11 is 0. The lowest BCUT2D eigenvalue weighted by Crippen LogP contribution is -2.40. The van der Waals surface area contributed by atoms with Gasteiger partial charge in [0.15, 0.2) is 5.96 Å². The van der Waals surface area contributed by atoms with E-state index in [9.17, 15) is 5.11 Å². The molecule has 0 spiro atoms. The van der Waals surface area contributed by atoms with E-state index in [2.05, 4.69) is 52.9 Å². The molecular weight excluding hydrogens is 302 g/mol. The van der Waals surface area contributed by atoms with Crippen LogP contribution in [0.3, 0.4) is 0 Å². The Kier molecular flexibility index (Phi) is 10.2. The van der Waals surface area contributed by atoms with Gasteiger partial charge >= 0.3 is 0 Å². The normalized spacial score (nSPS) is 13.3. The predicted octanol–water partition coefficient (Wildman–Crippen LogP) is 2.39. The van der Waals surface area contributed by atoms with E-state index in [0.717, 1.165) is 50.7 Å². The summed E-state index contributed by atoms with van der Waals surface area (Å²) in [5, 5.41) is 15.9. The largest absolute Gasteiger partial charge is 0.396 e. The summed E-state index contributed by atoms with van der Waals surface area (Å²) in [4.78, 5) is 9.09. The van der Waals surface area contributed by atoms with Gasteiger partial charge in [0.25, 0.3) is 0 Å². The minimum atomic E-state index is 0.243. The van der Waals surface area contributed by atoms with Gasteiger partial charge in [0.2, 0.25) is 0 Å². The van der Waals surface area contributed by atoms with Crippen molar-refractivity contribution >= 4 is 5.96 Å². The standard InChI is InChI=1S/C18H35N5O/c1-5-7-16(8-11-24)12-21-18(19-6-2)22-13-17-20-9-10-23(17)14-15(3)4/h9-10,15-16,24H,5-8,11-14H2,1-4H3,(H2,19,21,22). The molecule has 1 unspecified atom stereocenters. The molecule has 1 aromatic heterocycles. The molecule has 1 heterocycles. The molecule has 0 saturated heterocycles. The molecule has 0 aromatic carbocycles. The van der Waals surface area contributed by atoms with Gasteiger partial charge in [0.05, 0.1) is 0 Å². The van der Waals surface area contributed by atoms with Crippen LogP contribution in [-0.2, 0) is 13.1 Å². The highest BCUT2D eigenvalue weighted by molar-refractivity contribution is 5.79. The van der Waals surface area contributed by atoms with Gasteiger partial charge in [-0.2, -0.15) is 0 Å². The van der Waals surface area contributed by atoms with Gasteiger partial charge in [-0.3, -0.25) is 0 Å². The van der Waals surface area contributed by atoms with Crippen LogP contribution in [0.2, 0.25) is 0 Å². The monoisotopic (exact) mass is 337 g/mol. The van der Waals surface area contributed by atoms with Crippen LogP contribution in [0.1, 0.15) is 52.8 Å². The van der Waals surface area contributed by atoms with E-state index in [1.54, 1.807) is 0 Å². The number of aliphatic hydroxyl groups excluding tert-OH is 1. The van der Waals surface area contributed by atoms with Crippen molar-refractivity contribution in [3.05, 3.63) is 18.2 Å². The summed E-state index contributed by atoms with van der Waals surface area (Å²) in [6, 6.07) is 0. The highest BCUT2D eigenvalue weighted by atomic mass is 16.3. The lowest BCUT2D eigenvalue weighted by atomic mass is 10.0. The van der Waals surface area contributed by atoms with Crippen LogP contribution >= 0.6 is 0 Å². The average Bonchev–Trinajstić information content (AvgIpc) is 2.96. The van der Waals surface area contributed by atoms with Crippen LogP contribution in [0.4, 0.5) is 0 Å². The number of imidazole rings is 1. The Balaban J connectivity index is 2.63. The fraction of sp³-hybridized carbons (Fsp3) is 0.778. The molecule has 0 amide bonds. The Morgan fingerprint density at radius 1 is 1.29 bits per heavy atom. The van der Waals surface area contributed by atoms with Crippen LogP contribution in [0.25, 0.3) is 0 Å². The van der Waals surface area contributed by atoms with Crippen molar-refractivity contribution in [3.8, 4) is 0 Å². The Bertz CT molecular complexity index is 464. The first-order chi connectivity index (χ1) is 11.6. The summed E-state index contributed by atoms with van der Waals surface area (Å²) < 4.78 is 2.17. The van der Waals surface area contributed by atoms with E-state index in [1.165, 1.54) is 0 Å². The molecule has 0 bridgehead atoms. The fourth-order valence-electron chi connectivity index (χ4n) is 2.72. The highest BCUT2D eigenvalue weighted by Crippen LogP contribution is 2.09. The second-order valence-corrected chi connectivity index (χ2v) is 6.63. The summed E-state index contributed by atoms with van der Waals surface area (Å²) in [6.07, 6.45) is 6.94. The quantitative estimate of drug-likeness (QED) is 0.428. The maximum absolute atomic E-state index is 9.18. The molecule has 0 radical (unpaired) electrons. The molecule has 3 N–H and O–H groups in total. The molecule has 0 fully saturated rings. The number of rotatable bonds is 11. The van der Waals surface area contributed by atoms with Crippen molar-refractivity contribution in [2.24, 2.45) is 16.8 Å². The zero-order valence-electron chi connectivity index (χ0n) is 15.8. The first kappa shape index (κ1) is 20.5. The molecule has 24 heavy (non-hydrogen) atoms. The van der Waals surface area contributed by atoms with Crippen molar-refractivity contribution in [1.29, 1.82) is 0 Å². The van der Waals surface area contributed by atoms with E-state index >= 15 is 0 Å². The third kappa shape index (κ3) is 7.81. The van der Waals surface area contributed by atoms with Crippen LogP contribution in [0.5, 0.6) is 0 Å². The summed E-state index contributed by atoms with van der Waals surface area (Å²) in [5.74, 6) is 2.87. The zero-order valence-corrected chi connectivity index (χ0v) is 15.8. The maximum atomic E-state index is 9.18. The topological polar surface area (TPSA) is 74.5 Å². The molecule has 6 heteroatoms. The van der Waals surface area contributed by atoms with E-state index < -0.39 is 0 Å². The predicted molar refractivity (Wildman–Crippen MR) is 100.0 cm³/mol. The van der Waals surface area contributed by atoms with Crippen molar-refractivity contribution in [1.82, 2.24) is 20.2 Å². The van der Waals surface area contributed by atoms with Crippen LogP contribution in [-0.4, -0.2) is 40.3 Å². The molecule has 0 saturated carbocycles. The molecule has 0 aliphatic heterocycles. The van der Waals surface area contributed by atoms with Crippen molar-refractivity contribution in [3.63, 3.8) is 0 Å². The van der Waals surface area contributed by atoms with Crippen molar-refractivity contribution in [2.75, 3.05) is 19.7 Å². The van der Waals surface area contributed by atoms with Gasteiger partial charge in [0.1, 0.15) is 12.4 Å². The Hall–Kier alpha value is -1.56. The van der Waals surface area contributed by atoms with Gasteiger partial charge in [-0.15, -0.1) is 0 Å². The van der Waals surface area contributed by atoms with Crippen LogP contribution < -0.4 is 10.6 Å². The molecule has 6 nitrogen and oxygen atoms in total. The van der Waals surface area contributed by atoms with Gasteiger partial charge in [-0.1, -0.05) is 27.2 Å². The summed E-state index contributed by atoms with van der Waals surface area (Å²) in [6.45, 7) is 12.1. The zero-order chi connectivity index (χ0) is 17.8. The lowest BCUT2D eigenvalue weighted by molar-refractivity contribution is 0.251. The van der Waals surface area contributed by atoms with Gasteiger partial charge < -0.3 is 20.3 Å². The maximum Gasteiger partial charge on any atom is 0.191 e. The van der Waals surface area contributed by atoms with Gasteiger partial charge in [-0.05, 0) is 31.6 Å². The first-order valence-electron chi connectivity index (χ1n) is 9.23. The first-order valence-corrected chi connectivity index (χ1v) is 9.23. The molecule has 1 atom stereocenters. The van der Waals surface area contributed by atoms with E-state index in [1.807, 2.05) is 12.4 Å². The minimum absolute atomic E-state index is 0.243. The number of guanidine groups is 1. The van der Waals surface area contributed by atoms with Crippen molar-refractivity contribution in [2.45, 2.75) is 60.0 Å². The second kappa shape index (κ2) is 11.9. The van der Waals surface area contributed by atoms with Gasteiger partial charge in [-0.25, -0.2) is 9.98 Å². The third-order valence-corrected chi connectivity index (χ3v) is 3.88. The number of hydrogen-bond donors (Lipinski definition) is 3. The number of nitrogens with one attached hydrogen (secondary N) is 2. The molecule has 0 aliphatic rings. The molecule has 138 valence electrons. The Morgan fingerprint density at radius 2 is 2.08 bits per heavy atom. The summed E-state index contributed by atoms with van der Waals surface area (Å²) in [7, 11) is 0. The average molecular weight is 338 g/mol. The van der Waals surface area contributed by atoms with Crippen LogP contribution in [0, 0.1) is 11.8 Å². The minimum Gasteiger partial charge on any atom is -0.396 e. The Morgan fingerprint density at radius 3 is 2.71 bits per heavy atom. The molecule has 1 aromatic rings. The SMILES string of the molecule is CCCC(CCO)CNC(=NCc1nccn1CC(C)C)NCC. The lowest BCUT2D eigenvalue weighted by Gasteiger charge is -2.18. The molecule has 0 aliphatic carbocycles. The third-order valence-electron chi connectivity index (χ3n) is 3.88. The highest BCUT2D eigenvalue weighted by Gasteiger charge is 2.09. The number of hydrogen-bond acceptors (Lipinski definition) is 3. The van der Waals surface area contributed by atoms with E-state index in [0.29, 0.717) is 18.4 Å². The Labute approximate surface area is 146 Å². The number of aliphatic hydroxyl groups is 1.